The molecule has 0 saturated carbocycles. The zero-order chi connectivity index (χ0) is 11.7. The predicted octanol–water partition coefficient (Wildman–Crippen LogP) is 2.57. The minimum absolute atomic E-state index is 0.280. The third-order valence-electron chi connectivity index (χ3n) is 1.38. The average molecular weight is 261 g/mol. The highest BCUT2D eigenvalue weighted by atomic mass is 35.7. The molecule has 1 aromatic carbocycles. The zero-order valence-electron chi connectivity index (χ0n) is 6.95. The molecule has 0 radical (unpaired) electrons. The van der Waals surface area contributed by atoms with E-state index < -0.39 is 21.1 Å². The Bertz CT molecular complexity index is 438. The predicted molar refractivity (Wildman–Crippen MR) is 46.8 cm³/mol. The Morgan fingerprint density at radius 2 is 1.60 bits per heavy atom. The summed E-state index contributed by atoms with van der Waals surface area (Å²) in [5.41, 5.74) is -0.901. The molecule has 84 valence electrons. The van der Waals surface area contributed by atoms with Crippen molar-refractivity contribution in [3.05, 3.63) is 29.8 Å². The molecule has 3 nitrogen and oxygen atoms in total. The van der Waals surface area contributed by atoms with E-state index in [2.05, 4.69) is 4.18 Å². The number of hydrogen-bond donors (Lipinski definition) is 0. The standard InChI is InChI=1S/C7H4ClF3O3S/c8-15(12,13)14-6-3-1-5(2-4-6)7(9,10)11/h1-4H. The molecule has 0 aromatic heterocycles. The van der Waals surface area contributed by atoms with Gasteiger partial charge >= 0.3 is 15.5 Å². The first-order valence-corrected chi connectivity index (χ1v) is 5.73. The van der Waals surface area contributed by atoms with Crippen molar-refractivity contribution >= 4 is 20.0 Å². The van der Waals surface area contributed by atoms with E-state index in [1.54, 1.807) is 0 Å². The molecule has 1 aromatic rings. The van der Waals surface area contributed by atoms with Gasteiger partial charge in [0.15, 0.2) is 0 Å². The Balaban J connectivity index is 2.91. The van der Waals surface area contributed by atoms with Crippen LogP contribution < -0.4 is 4.18 Å². The van der Waals surface area contributed by atoms with Crippen LogP contribution in [0.2, 0.25) is 0 Å². The largest absolute Gasteiger partial charge is 0.416 e. The second kappa shape index (κ2) is 3.90. The Morgan fingerprint density at radius 3 is 1.93 bits per heavy atom. The summed E-state index contributed by atoms with van der Waals surface area (Å²) in [5, 5.41) is 0. The fourth-order valence-corrected chi connectivity index (χ4v) is 1.37. The summed E-state index contributed by atoms with van der Waals surface area (Å²) in [4.78, 5) is 0. The molecule has 8 heteroatoms. The van der Waals surface area contributed by atoms with Crippen LogP contribution >= 0.6 is 10.7 Å². The van der Waals surface area contributed by atoms with E-state index >= 15 is 0 Å². The quantitative estimate of drug-likeness (QED) is 0.768. The molecule has 0 bridgehead atoms. The van der Waals surface area contributed by atoms with Crippen molar-refractivity contribution in [2.45, 2.75) is 6.18 Å². The van der Waals surface area contributed by atoms with Gasteiger partial charge in [0.25, 0.3) is 0 Å². The highest BCUT2D eigenvalue weighted by Gasteiger charge is 2.30. The summed E-state index contributed by atoms with van der Waals surface area (Å²) in [6.07, 6.45) is -4.47. The smallest absolute Gasteiger partial charge is 0.371 e. The second-order valence-electron chi connectivity index (χ2n) is 2.50. The Hall–Kier alpha value is -0.950. The maximum absolute atomic E-state index is 12.1. The van der Waals surface area contributed by atoms with E-state index in [9.17, 15) is 21.6 Å². The molecule has 0 aliphatic heterocycles. The van der Waals surface area contributed by atoms with Crippen molar-refractivity contribution in [3.63, 3.8) is 0 Å². The molecule has 0 amide bonds. The summed E-state index contributed by atoms with van der Waals surface area (Å²) >= 11 is 0. The van der Waals surface area contributed by atoms with Crippen molar-refractivity contribution in [1.29, 1.82) is 0 Å². The van der Waals surface area contributed by atoms with Crippen molar-refractivity contribution in [2.75, 3.05) is 0 Å². The molecule has 0 N–H and O–H groups in total. The Morgan fingerprint density at radius 1 is 1.13 bits per heavy atom. The maximum Gasteiger partial charge on any atom is 0.416 e. The lowest BCUT2D eigenvalue weighted by Crippen LogP contribution is -2.05. The molecule has 0 aliphatic rings. The average Bonchev–Trinajstić information content (AvgIpc) is 2.00. The molecule has 0 spiro atoms. The number of hydrogen-bond acceptors (Lipinski definition) is 3. The van der Waals surface area contributed by atoms with Crippen LogP contribution in [0.15, 0.2) is 24.3 Å². The minimum Gasteiger partial charge on any atom is -0.371 e. The molecule has 0 atom stereocenters. The Labute approximate surface area is 88.0 Å². The fraction of sp³-hybridized carbons (Fsp3) is 0.143. The van der Waals surface area contributed by atoms with E-state index in [-0.39, 0.29) is 5.75 Å². The molecular weight excluding hydrogens is 257 g/mol. The van der Waals surface area contributed by atoms with Gasteiger partial charge in [0, 0.05) is 0 Å². The SMILES string of the molecule is O=S(=O)(Cl)Oc1ccc(C(F)(F)F)cc1. The van der Waals surface area contributed by atoms with Gasteiger partial charge in [-0.05, 0) is 24.3 Å². The van der Waals surface area contributed by atoms with E-state index in [4.69, 9.17) is 10.7 Å². The summed E-state index contributed by atoms with van der Waals surface area (Å²) in [7, 11) is 0.491. The zero-order valence-corrected chi connectivity index (χ0v) is 8.53. The third-order valence-corrected chi connectivity index (χ3v) is 1.96. The first-order chi connectivity index (χ1) is 6.68. The molecule has 0 heterocycles. The molecule has 1 rings (SSSR count). The summed E-state index contributed by atoms with van der Waals surface area (Å²) in [5.74, 6) is -0.280. The highest BCUT2D eigenvalue weighted by molar-refractivity contribution is 8.10. The number of rotatable bonds is 2. The lowest BCUT2D eigenvalue weighted by atomic mass is 10.2. The van der Waals surface area contributed by atoms with Gasteiger partial charge in [-0.2, -0.15) is 21.6 Å². The van der Waals surface area contributed by atoms with Crippen LogP contribution in [0.1, 0.15) is 5.56 Å². The van der Waals surface area contributed by atoms with Gasteiger partial charge < -0.3 is 4.18 Å². The van der Waals surface area contributed by atoms with E-state index in [1.807, 2.05) is 0 Å². The van der Waals surface area contributed by atoms with Crippen LogP contribution in [0.5, 0.6) is 5.75 Å². The fourth-order valence-electron chi connectivity index (χ4n) is 0.814. The van der Waals surface area contributed by atoms with Gasteiger partial charge in [0.1, 0.15) is 5.75 Å². The van der Waals surface area contributed by atoms with Crippen LogP contribution in [0, 0.1) is 0 Å². The second-order valence-corrected chi connectivity index (χ2v) is 4.59. The van der Waals surface area contributed by atoms with Gasteiger partial charge in [0.2, 0.25) is 0 Å². The minimum atomic E-state index is -4.47. The number of benzene rings is 1. The van der Waals surface area contributed by atoms with Crippen molar-refractivity contribution in [3.8, 4) is 5.75 Å². The first-order valence-electron chi connectivity index (χ1n) is 3.50. The normalized spacial score (nSPS) is 12.5. The first kappa shape index (κ1) is 12.1. The monoisotopic (exact) mass is 260 g/mol. The number of halogens is 4. The highest BCUT2D eigenvalue weighted by Crippen LogP contribution is 2.30. The van der Waals surface area contributed by atoms with Crippen molar-refractivity contribution in [1.82, 2.24) is 0 Å². The third kappa shape index (κ3) is 3.96. The summed E-state index contributed by atoms with van der Waals surface area (Å²) in [6, 6.07) is 3.11. The Kier molecular flexibility index (Phi) is 3.15. The number of alkyl halides is 3. The summed E-state index contributed by atoms with van der Waals surface area (Å²) in [6.45, 7) is 0. The molecule has 15 heavy (non-hydrogen) atoms. The molecule has 0 aliphatic carbocycles. The maximum atomic E-state index is 12.1. The molecular formula is C7H4ClF3O3S. The molecule has 0 unspecified atom stereocenters. The lowest BCUT2D eigenvalue weighted by molar-refractivity contribution is -0.137. The van der Waals surface area contributed by atoms with Gasteiger partial charge in [-0.3, -0.25) is 0 Å². The van der Waals surface area contributed by atoms with Gasteiger partial charge in [-0.1, -0.05) is 0 Å². The van der Waals surface area contributed by atoms with E-state index in [0.29, 0.717) is 12.1 Å². The van der Waals surface area contributed by atoms with Crippen molar-refractivity contribution < 1.29 is 25.8 Å². The van der Waals surface area contributed by atoms with Crippen molar-refractivity contribution in [2.24, 2.45) is 0 Å². The van der Waals surface area contributed by atoms with Crippen LogP contribution in [0.3, 0.4) is 0 Å². The van der Waals surface area contributed by atoms with Gasteiger partial charge in [0.05, 0.1) is 16.2 Å². The van der Waals surface area contributed by atoms with Crippen LogP contribution in [-0.4, -0.2) is 8.42 Å². The summed E-state index contributed by atoms with van der Waals surface area (Å²) < 4.78 is 61.2. The van der Waals surface area contributed by atoms with Crippen LogP contribution in [0.25, 0.3) is 0 Å². The van der Waals surface area contributed by atoms with E-state index in [0.717, 1.165) is 12.1 Å². The molecule has 0 saturated heterocycles. The van der Waals surface area contributed by atoms with Gasteiger partial charge in [-0.25, -0.2) is 0 Å². The molecule has 0 fully saturated rings. The van der Waals surface area contributed by atoms with Crippen LogP contribution in [0.4, 0.5) is 13.2 Å². The lowest BCUT2D eigenvalue weighted by Gasteiger charge is -2.06. The van der Waals surface area contributed by atoms with Gasteiger partial charge in [-0.15, -0.1) is 0 Å². The topological polar surface area (TPSA) is 43.4 Å². The van der Waals surface area contributed by atoms with Crippen LogP contribution in [-0.2, 0) is 15.5 Å². The van der Waals surface area contributed by atoms with E-state index in [1.165, 1.54) is 0 Å².